The van der Waals surface area contributed by atoms with Gasteiger partial charge in [0.05, 0.1) is 24.7 Å². The molecule has 1 fully saturated rings. The van der Waals surface area contributed by atoms with Crippen LogP contribution in [0.5, 0.6) is 0 Å². The molecule has 0 heterocycles. The summed E-state index contributed by atoms with van der Waals surface area (Å²) in [6.45, 7) is 6.25. The SMILES string of the molecule is CCC(CCC(C)O)C(=O)OCC1CCC(O)C(C)C1. The molecular formula is C16H30O4. The van der Waals surface area contributed by atoms with E-state index >= 15 is 0 Å². The highest BCUT2D eigenvalue weighted by molar-refractivity contribution is 5.72. The molecule has 2 N–H and O–H groups in total. The zero-order valence-electron chi connectivity index (χ0n) is 13.0. The van der Waals surface area contributed by atoms with Gasteiger partial charge < -0.3 is 14.9 Å². The van der Waals surface area contributed by atoms with Gasteiger partial charge in [0.15, 0.2) is 0 Å². The van der Waals surface area contributed by atoms with Crippen molar-refractivity contribution in [2.45, 2.75) is 71.5 Å². The van der Waals surface area contributed by atoms with Crippen molar-refractivity contribution >= 4 is 5.97 Å². The van der Waals surface area contributed by atoms with Gasteiger partial charge in [-0.1, -0.05) is 13.8 Å². The van der Waals surface area contributed by atoms with Crippen LogP contribution in [-0.2, 0) is 9.53 Å². The first-order chi connectivity index (χ1) is 9.43. The average molecular weight is 286 g/mol. The maximum Gasteiger partial charge on any atom is 0.308 e. The van der Waals surface area contributed by atoms with Crippen molar-refractivity contribution in [2.24, 2.45) is 17.8 Å². The highest BCUT2D eigenvalue weighted by atomic mass is 16.5. The predicted octanol–water partition coefficient (Wildman–Crippen LogP) is 2.51. The molecule has 0 aromatic heterocycles. The van der Waals surface area contributed by atoms with Gasteiger partial charge in [-0.05, 0) is 57.3 Å². The molecule has 0 aliphatic heterocycles. The van der Waals surface area contributed by atoms with E-state index in [4.69, 9.17) is 4.74 Å². The van der Waals surface area contributed by atoms with Crippen LogP contribution in [0.4, 0.5) is 0 Å². The highest BCUT2D eigenvalue weighted by Crippen LogP contribution is 2.29. The van der Waals surface area contributed by atoms with E-state index in [2.05, 4.69) is 6.92 Å². The topological polar surface area (TPSA) is 66.8 Å². The molecular weight excluding hydrogens is 256 g/mol. The summed E-state index contributed by atoms with van der Waals surface area (Å²) >= 11 is 0. The fourth-order valence-corrected chi connectivity index (χ4v) is 2.89. The first-order valence-electron chi connectivity index (χ1n) is 7.96. The molecule has 1 rings (SSSR count). The Bertz CT molecular complexity index is 290. The van der Waals surface area contributed by atoms with Crippen LogP contribution in [0.2, 0.25) is 0 Å². The molecule has 4 nitrogen and oxygen atoms in total. The summed E-state index contributed by atoms with van der Waals surface area (Å²) in [7, 11) is 0. The summed E-state index contributed by atoms with van der Waals surface area (Å²) in [6, 6.07) is 0. The van der Waals surface area contributed by atoms with E-state index < -0.39 is 0 Å². The zero-order chi connectivity index (χ0) is 15.1. The molecule has 0 radical (unpaired) electrons. The molecule has 0 saturated heterocycles. The maximum atomic E-state index is 12.0. The first-order valence-corrected chi connectivity index (χ1v) is 7.96. The summed E-state index contributed by atoms with van der Waals surface area (Å²) in [4.78, 5) is 12.0. The maximum absolute atomic E-state index is 12.0. The van der Waals surface area contributed by atoms with Crippen molar-refractivity contribution in [3.63, 3.8) is 0 Å². The van der Waals surface area contributed by atoms with Gasteiger partial charge in [0.25, 0.3) is 0 Å². The van der Waals surface area contributed by atoms with E-state index in [1.165, 1.54) is 0 Å². The third kappa shape index (κ3) is 5.80. The minimum Gasteiger partial charge on any atom is -0.465 e. The molecule has 0 amide bonds. The number of hydrogen-bond acceptors (Lipinski definition) is 4. The molecule has 0 spiro atoms. The predicted molar refractivity (Wildman–Crippen MR) is 78.2 cm³/mol. The summed E-state index contributed by atoms with van der Waals surface area (Å²) in [5, 5.41) is 19.0. The van der Waals surface area contributed by atoms with Crippen molar-refractivity contribution in [3.05, 3.63) is 0 Å². The number of aliphatic hydroxyl groups is 2. The molecule has 0 aromatic rings. The number of ether oxygens (including phenoxy) is 1. The van der Waals surface area contributed by atoms with Crippen molar-refractivity contribution in [3.8, 4) is 0 Å². The van der Waals surface area contributed by atoms with E-state index in [9.17, 15) is 15.0 Å². The third-order valence-corrected chi connectivity index (χ3v) is 4.45. The van der Waals surface area contributed by atoms with E-state index in [0.29, 0.717) is 31.3 Å². The van der Waals surface area contributed by atoms with Gasteiger partial charge in [0, 0.05) is 0 Å². The lowest BCUT2D eigenvalue weighted by Crippen LogP contribution is -2.30. The number of carbonyl (C=O) groups is 1. The highest BCUT2D eigenvalue weighted by Gasteiger charge is 2.27. The third-order valence-electron chi connectivity index (χ3n) is 4.45. The monoisotopic (exact) mass is 286 g/mol. The van der Waals surface area contributed by atoms with Crippen molar-refractivity contribution in [1.82, 2.24) is 0 Å². The molecule has 1 aliphatic carbocycles. The fraction of sp³-hybridized carbons (Fsp3) is 0.938. The van der Waals surface area contributed by atoms with Gasteiger partial charge >= 0.3 is 5.97 Å². The van der Waals surface area contributed by atoms with Gasteiger partial charge in [-0.3, -0.25) is 4.79 Å². The number of aliphatic hydroxyl groups excluding tert-OH is 2. The lowest BCUT2D eigenvalue weighted by molar-refractivity contribution is -0.151. The second-order valence-electron chi connectivity index (χ2n) is 6.39. The van der Waals surface area contributed by atoms with Gasteiger partial charge in [-0.15, -0.1) is 0 Å². The Hall–Kier alpha value is -0.610. The van der Waals surface area contributed by atoms with Crippen LogP contribution in [-0.4, -0.2) is 35.0 Å². The lowest BCUT2D eigenvalue weighted by atomic mass is 9.81. The molecule has 118 valence electrons. The van der Waals surface area contributed by atoms with Crippen LogP contribution < -0.4 is 0 Å². The Kier molecular flexibility index (Phi) is 7.52. The van der Waals surface area contributed by atoms with Gasteiger partial charge in [-0.25, -0.2) is 0 Å². The van der Waals surface area contributed by atoms with E-state index in [-0.39, 0.29) is 24.1 Å². The Morgan fingerprint density at radius 1 is 1.35 bits per heavy atom. The number of esters is 1. The Balaban J connectivity index is 2.30. The van der Waals surface area contributed by atoms with Crippen molar-refractivity contribution < 1.29 is 19.7 Å². The fourth-order valence-electron chi connectivity index (χ4n) is 2.89. The second kappa shape index (κ2) is 8.63. The summed E-state index contributed by atoms with van der Waals surface area (Å²) in [5.74, 6) is 0.444. The normalized spacial score (nSPS) is 29.8. The molecule has 5 unspecified atom stereocenters. The number of carbonyl (C=O) groups excluding carboxylic acids is 1. The van der Waals surface area contributed by atoms with E-state index in [1.54, 1.807) is 6.92 Å². The summed E-state index contributed by atoms with van der Waals surface area (Å²) < 4.78 is 5.45. The molecule has 4 heteroatoms. The largest absolute Gasteiger partial charge is 0.465 e. The summed E-state index contributed by atoms with van der Waals surface area (Å²) in [5.41, 5.74) is 0. The van der Waals surface area contributed by atoms with Gasteiger partial charge in [0.1, 0.15) is 0 Å². The van der Waals surface area contributed by atoms with Crippen molar-refractivity contribution in [2.75, 3.05) is 6.61 Å². The van der Waals surface area contributed by atoms with E-state index in [1.807, 2.05) is 6.92 Å². The molecule has 1 aliphatic rings. The average Bonchev–Trinajstić information content (AvgIpc) is 2.40. The quantitative estimate of drug-likeness (QED) is 0.706. The first kappa shape index (κ1) is 17.4. The molecule has 0 aromatic carbocycles. The molecule has 0 bridgehead atoms. The van der Waals surface area contributed by atoms with Crippen LogP contribution in [0.1, 0.15) is 59.3 Å². The minimum atomic E-state index is -0.363. The van der Waals surface area contributed by atoms with Crippen molar-refractivity contribution in [1.29, 1.82) is 0 Å². The molecule has 20 heavy (non-hydrogen) atoms. The second-order valence-corrected chi connectivity index (χ2v) is 6.39. The van der Waals surface area contributed by atoms with Crippen LogP contribution in [0.3, 0.4) is 0 Å². The lowest BCUT2D eigenvalue weighted by Gasteiger charge is -2.31. The number of rotatable bonds is 7. The molecule has 5 atom stereocenters. The van der Waals surface area contributed by atoms with Crippen LogP contribution >= 0.6 is 0 Å². The minimum absolute atomic E-state index is 0.101. The van der Waals surface area contributed by atoms with Crippen LogP contribution in [0.15, 0.2) is 0 Å². The van der Waals surface area contributed by atoms with Crippen LogP contribution in [0, 0.1) is 17.8 Å². The standard InChI is InChI=1S/C16H30O4/c1-4-14(7-5-12(3)17)16(19)20-10-13-6-8-15(18)11(2)9-13/h11-15,17-18H,4-10H2,1-3H3. The smallest absolute Gasteiger partial charge is 0.308 e. The number of hydrogen-bond donors (Lipinski definition) is 2. The Morgan fingerprint density at radius 2 is 2.05 bits per heavy atom. The zero-order valence-corrected chi connectivity index (χ0v) is 13.0. The van der Waals surface area contributed by atoms with Crippen LogP contribution in [0.25, 0.3) is 0 Å². The van der Waals surface area contributed by atoms with Gasteiger partial charge in [0.2, 0.25) is 0 Å². The summed E-state index contributed by atoms with van der Waals surface area (Å²) in [6.07, 6.45) is 4.19. The Morgan fingerprint density at radius 3 is 2.60 bits per heavy atom. The van der Waals surface area contributed by atoms with Gasteiger partial charge in [-0.2, -0.15) is 0 Å². The Labute approximate surface area is 122 Å². The molecule has 1 saturated carbocycles. The van der Waals surface area contributed by atoms with E-state index in [0.717, 1.165) is 25.7 Å².